The first-order valence-corrected chi connectivity index (χ1v) is 14.8. The van der Waals surface area contributed by atoms with Crippen LogP contribution in [0.1, 0.15) is 58.6 Å². The highest BCUT2D eigenvalue weighted by molar-refractivity contribution is 5.95. The number of rotatable bonds is 6. The lowest BCUT2D eigenvalue weighted by molar-refractivity contribution is 0.279. The van der Waals surface area contributed by atoms with Gasteiger partial charge in [0.05, 0.1) is 16.6 Å². The molecule has 0 aromatic carbocycles. The molecule has 12 nitrogen and oxygen atoms in total. The monoisotopic (exact) mass is 603 g/mol. The van der Waals surface area contributed by atoms with Gasteiger partial charge in [-0.2, -0.15) is 0 Å². The van der Waals surface area contributed by atoms with Crippen LogP contribution in [0.4, 0.5) is 0 Å². The van der Waals surface area contributed by atoms with Gasteiger partial charge in [0, 0.05) is 35.3 Å². The minimum absolute atomic E-state index is 0.278. The summed E-state index contributed by atoms with van der Waals surface area (Å²) in [7, 11) is 0. The molecule has 7 rings (SSSR count). The molecule has 0 amide bonds. The molecule has 0 N–H and O–H groups in total. The van der Waals surface area contributed by atoms with E-state index in [4.69, 9.17) is 29.2 Å². The zero-order chi connectivity index (χ0) is 31.4. The SMILES string of the molecule is CC1(C)COC(c2ccc(-c3nc(-c4ccc(C5=NC(C)(C)CO5)nc4)nc(-c4ccc(C5=NC(C)(C)CO5)nc4)n3)cn2)=N1. The van der Waals surface area contributed by atoms with Crippen LogP contribution < -0.4 is 0 Å². The molecule has 4 aromatic heterocycles. The van der Waals surface area contributed by atoms with Crippen molar-refractivity contribution in [3.63, 3.8) is 0 Å². The Balaban J connectivity index is 1.25. The van der Waals surface area contributed by atoms with Gasteiger partial charge in [0.1, 0.15) is 36.9 Å². The molecule has 4 aromatic rings. The summed E-state index contributed by atoms with van der Waals surface area (Å²) in [6.45, 7) is 13.7. The second-order valence-electron chi connectivity index (χ2n) is 13.2. The van der Waals surface area contributed by atoms with Gasteiger partial charge in [-0.15, -0.1) is 0 Å². The molecule has 0 spiro atoms. The van der Waals surface area contributed by atoms with E-state index in [1.165, 1.54) is 0 Å². The van der Waals surface area contributed by atoms with Crippen LogP contribution in [0.2, 0.25) is 0 Å². The largest absolute Gasteiger partial charge is 0.474 e. The van der Waals surface area contributed by atoms with E-state index in [1.807, 2.05) is 77.9 Å². The molecule has 0 aliphatic carbocycles. The van der Waals surface area contributed by atoms with E-state index in [0.29, 0.717) is 88.8 Å². The van der Waals surface area contributed by atoms with E-state index in [1.54, 1.807) is 18.6 Å². The van der Waals surface area contributed by atoms with E-state index in [0.717, 1.165) is 0 Å². The Morgan fingerprint density at radius 2 is 0.733 bits per heavy atom. The molecule has 0 fully saturated rings. The molecule has 45 heavy (non-hydrogen) atoms. The maximum Gasteiger partial charge on any atom is 0.236 e. The van der Waals surface area contributed by atoms with Crippen molar-refractivity contribution in [2.24, 2.45) is 15.0 Å². The number of nitrogens with zero attached hydrogens (tertiary/aromatic N) is 9. The Morgan fingerprint density at radius 1 is 0.444 bits per heavy atom. The zero-order valence-electron chi connectivity index (χ0n) is 26.1. The van der Waals surface area contributed by atoms with Crippen LogP contribution in [0.15, 0.2) is 70.0 Å². The number of hydrogen-bond donors (Lipinski definition) is 0. The van der Waals surface area contributed by atoms with Gasteiger partial charge < -0.3 is 14.2 Å². The van der Waals surface area contributed by atoms with Gasteiger partial charge in [-0.1, -0.05) is 0 Å². The third kappa shape index (κ3) is 6.00. The van der Waals surface area contributed by atoms with Crippen molar-refractivity contribution < 1.29 is 14.2 Å². The van der Waals surface area contributed by atoms with E-state index >= 15 is 0 Å². The summed E-state index contributed by atoms with van der Waals surface area (Å²) in [5, 5.41) is 0. The maximum absolute atomic E-state index is 5.77. The molecule has 0 unspecified atom stereocenters. The first-order chi connectivity index (χ1) is 21.4. The molecule has 0 atom stereocenters. The Morgan fingerprint density at radius 3 is 0.933 bits per heavy atom. The van der Waals surface area contributed by atoms with Gasteiger partial charge in [-0.25, -0.2) is 29.9 Å². The highest BCUT2D eigenvalue weighted by atomic mass is 16.5. The van der Waals surface area contributed by atoms with Crippen LogP contribution in [0.5, 0.6) is 0 Å². The van der Waals surface area contributed by atoms with Crippen LogP contribution in [0.25, 0.3) is 34.2 Å². The Bertz CT molecular complexity index is 1630. The summed E-state index contributed by atoms with van der Waals surface area (Å²) < 4.78 is 17.3. The molecule has 3 aliphatic heterocycles. The summed E-state index contributed by atoms with van der Waals surface area (Å²) in [4.78, 5) is 42.1. The normalized spacial score (nSPS) is 19.2. The van der Waals surface area contributed by atoms with Crippen LogP contribution in [0, 0.1) is 0 Å². The summed E-state index contributed by atoms with van der Waals surface area (Å²) in [6.07, 6.45) is 5.15. The standard InChI is InChI=1S/C33H33N9O3/c1-31(2)16-43-28(40-31)22-10-7-19(13-34-22)25-37-26(20-8-11-23(35-14-20)29-41-32(3,4)17-44-29)39-27(38-25)21-9-12-24(36-15-21)30-42-33(5,6)18-45-30/h7-15H,16-18H2,1-6H3. The van der Waals surface area contributed by atoms with Gasteiger partial charge >= 0.3 is 0 Å². The summed E-state index contributed by atoms with van der Waals surface area (Å²) in [5.41, 5.74) is 3.25. The van der Waals surface area contributed by atoms with E-state index in [9.17, 15) is 0 Å². The predicted octanol–water partition coefficient (Wildman–Crippen LogP) is 4.72. The smallest absolute Gasteiger partial charge is 0.236 e. The van der Waals surface area contributed by atoms with Gasteiger partial charge in [0.25, 0.3) is 0 Å². The lowest BCUT2D eigenvalue weighted by Gasteiger charge is -2.09. The molecule has 3 aliphatic rings. The summed E-state index contributed by atoms with van der Waals surface area (Å²) in [5.74, 6) is 2.94. The molecule has 12 heteroatoms. The van der Waals surface area contributed by atoms with Crippen LogP contribution in [-0.2, 0) is 14.2 Å². The topological polar surface area (TPSA) is 142 Å². The molecule has 228 valence electrons. The molecular weight excluding hydrogens is 570 g/mol. The van der Waals surface area contributed by atoms with Crippen molar-refractivity contribution in [3.05, 3.63) is 72.1 Å². The number of hydrogen-bond acceptors (Lipinski definition) is 12. The van der Waals surface area contributed by atoms with Gasteiger partial charge in [-0.3, -0.25) is 15.0 Å². The molecule has 0 saturated heterocycles. The lowest BCUT2D eigenvalue weighted by atomic mass is 10.1. The van der Waals surface area contributed by atoms with Gasteiger partial charge in [0.2, 0.25) is 17.7 Å². The van der Waals surface area contributed by atoms with Crippen molar-refractivity contribution in [2.75, 3.05) is 19.8 Å². The third-order valence-electron chi connectivity index (χ3n) is 7.26. The molecule has 0 saturated carbocycles. The Labute approximate surface area is 260 Å². The molecule has 0 bridgehead atoms. The van der Waals surface area contributed by atoms with Crippen LogP contribution in [0.3, 0.4) is 0 Å². The second kappa shape index (κ2) is 10.5. The van der Waals surface area contributed by atoms with Crippen molar-refractivity contribution in [1.29, 1.82) is 0 Å². The molecule has 0 radical (unpaired) electrons. The lowest BCUT2D eigenvalue weighted by Crippen LogP contribution is -2.17. The highest BCUT2D eigenvalue weighted by Gasteiger charge is 2.30. The first kappa shape index (κ1) is 28.6. The fourth-order valence-corrected chi connectivity index (χ4v) is 4.87. The maximum atomic E-state index is 5.77. The third-order valence-corrected chi connectivity index (χ3v) is 7.26. The predicted molar refractivity (Wildman–Crippen MR) is 169 cm³/mol. The van der Waals surface area contributed by atoms with Crippen molar-refractivity contribution in [3.8, 4) is 34.2 Å². The van der Waals surface area contributed by atoms with Crippen molar-refractivity contribution in [1.82, 2.24) is 29.9 Å². The van der Waals surface area contributed by atoms with Gasteiger partial charge in [0.15, 0.2) is 17.5 Å². The van der Waals surface area contributed by atoms with Crippen LogP contribution >= 0.6 is 0 Å². The van der Waals surface area contributed by atoms with E-state index in [-0.39, 0.29) is 16.6 Å². The van der Waals surface area contributed by atoms with Gasteiger partial charge in [-0.05, 0) is 77.9 Å². The Kier molecular flexibility index (Phi) is 6.68. The van der Waals surface area contributed by atoms with E-state index in [2.05, 4.69) is 29.9 Å². The highest BCUT2D eigenvalue weighted by Crippen LogP contribution is 2.27. The molecular formula is C33H33N9O3. The number of pyridine rings is 3. The van der Waals surface area contributed by atoms with E-state index < -0.39 is 0 Å². The fourth-order valence-electron chi connectivity index (χ4n) is 4.87. The number of aromatic nitrogens is 6. The average molecular weight is 604 g/mol. The number of ether oxygens (including phenoxy) is 3. The Hall–Kier alpha value is -5.13. The summed E-state index contributed by atoms with van der Waals surface area (Å²) >= 11 is 0. The molecule has 7 heterocycles. The second-order valence-corrected chi connectivity index (χ2v) is 13.2. The van der Waals surface area contributed by atoms with Crippen molar-refractivity contribution in [2.45, 2.75) is 58.2 Å². The quantitative estimate of drug-likeness (QED) is 0.306. The minimum Gasteiger partial charge on any atom is -0.474 e. The summed E-state index contributed by atoms with van der Waals surface area (Å²) in [6, 6.07) is 11.3. The first-order valence-electron chi connectivity index (χ1n) is 14.8. The van der Waals surface area contributed by atoms with Crippen LogP contribution in [-0.4, -0.2) is 84.0 Å². The van der Waals surface area contributed by atoms with Crippen molar-refractivity contribution >= 4 is 17.7 Å². The minimum atomic E-state index is -0.278. The fraction of sp³-hybridized carbons (Fsp3) is 0.364. The number of aliphatic imine (C=N–C) groups is 3. The average Bonchev–Trinajstić information content (AvgIpc) is 3.71. The zero-order valence-corrected chi connectivity index (χ0v) is 26.1.